The van der Waals surface area contributed by atoms with Crippen LogP contribution >= 0.6 is 0 Å². The molecule has 4 unspecified atom stereocenters. The van der Waals surface area contributed by atoms with Gasteiger partial charge in [-0.25, -0.2) is 0 Å². The Morgan fingerprint density at radius 3 is 2.24 bits per heavy atom. The van der Waals surface area contributed by atoms with Crippen LogP contribution in [-0.4, -0.2) is 34.5 Å². The molecule has 1 heterocycles. The molecule has 0 spiro atoms. The summed E-state index contributed by atoms with van der Waals surface area (Å²) in [6, 6.07) is 0. The quantitative estimate of drug-likeness (QED) is 0.727. The van der Waals surface area contributed by atoms with Gasteiger partial charge in [0.1, 0.15) is 0 Å². The maximum absolute atomic E-state index is 12.1. The van der Waals surface area contributed by atoms with E-state index >= 15 is 0 Å². The smallest absolute Gasteiger partial charge is 0.232 e. The van der Waals surface area contributed by atoms with Gasteiger partial charge in [0.15, 0.2) is 0 Å². The molecule has 1 N–H and O–H groups in total. The van der Waals surface area contributed by atoms with Crippen LogP contribution < -0.4 is 0 Å². The van der Waals surface area contributed by atoms with E-state index in [1.165, 1.54) is 4.90 Å². The normalized spacial score (nSPS) is 41.4. The number of nitrogens with zero attached hydrogens (tertiary/aromatic N) is 1. The molecule has 1 aliphatic heterocycles. The summed E-state index contributed by atoms with van der Waals surface area (Å²) in [5, 5.41) is 9.79. The first kappa shape index (κ1) is 11.2. The van der Waals surface area contributed by atoms with Crippen molar-refractivity contribution < 1.29 is 14.7 Å². The predicted octanol–water partition coefficient (Wildman–Crippen LogP) is 0.933. The first-order valence-corrected chi connectivity index (χ1v) is 6.70. The SMILES string of the molecule is O=C1C2CCC(C2)C(=O)N1CC1CCCC1O. The number of piperidine rings is 1. The maximum Gasteiger partial charge on any atom is 0.232 e. The highest BCUT2D eigenvalue weighted by Crippen LogP contribution is 2.39. The molecule has 3 fully saturated rings. The van der Waals surface area contributed by atoms with E-state index < -0.39 is 0 Å². The Hall–Kier alpha value is -0.900. The van der Waals surface area contributed by atoms with E-state index in [9.17, 15) is 14.7 Å². The van der Waals surface area contributed by atoms with E-state index in [0.29, 0.717) is 6.54 Å². The van der Waals surface area contributed by atoms with Gasteiger partial charge >= 0.3 is 0 Å². The molecule has 0 aromatic heterocycles. The Kier molecular flexibility index (Phi) is 2.69. The van der Waals surface area contributed by atoms with Crippen molar-refractivity contribution in [1.29, 1.82) is 0 Å². The number of carbonyl (C=O) groups excluding carboxylic acids is 2. The van der Waals surface area contributed by atoms with Crippen molar-refractivity contribution in [3.63, 3.8) is 0 Å². The zero-order valence-corrected chi connectivity index (χ0v) is 9.97. The molecule has 94 valence electrons. The number of hydrogen-bond donors (Lipinski definition) is 1. The highest BCUT2D eigenvalue weighted by molar-refractivity contribution is 6.00. The third-order valence-corrected chi connectivity index (χ3v) is 4.70. The fraction of sp³-hybridized carbons (Fsp3) is 0.846. The van der Waals surface area contributed by atoms with Crippen molar-refractivity contribution in [2.45, 2.75) is 44.6 Å². The number of amides is 2. The summed E-state index contributed by atoms with van der Waals surface area (Å²) in [4.78, 5) is 25.7. The fourth-order valence-electron chi connectivity index (χ4n) is 3.62. The number of hydrogen-bond acceptors (Lipinski definition) is 3. The molecule has 4 nitrogen and oxygen atoms in total. The van der Waals surface area contributed by atoms with E-state index in [0.717, 1.165) is 38.5 Å². The van der Waals surface area contributed by atoms with Crippen LogP contribution in [0.3, 0.4) is 0 Å². The van der Waals surface area contributed by atoms with Crippen molar-refractivity contribution >= 4 is 11.8 Å². The summed E-state index contributed by atoms with van der Waals surface area (Å²) in [6.07, 6.45) is 4.95. The predicted molar refractivity (Wildman–Crippen MR) is 60.9 cm³/mol. The van der Waals surface area contributed by atoms with Gasteiger partial charge in [-0.2, -0.15) is 0 Å². The van der Waals surface area contributed by atoms with Gasteiger partial charge < -0.3 is 5.11 Å². The van der Waals surface area contributed by atoms with Gasteiger partial charge in [-0.3, -0.25) is 14.5 Å². The molecular weight excluding hydrogens is 218 g/mol. The highest BCUT2D eigenvalue weighted by Gasteiger charge is 2.46. The second kappa shape index (κ2) is 4.09. The molecule has 4 atom stereocenters. The van der Waals surface area contributed by atoms with Crippen molar-refractivity contribution in [3.05, 3.63) is 0 Å². The molecule has 3 aliphatic rings. The molecular formula is C13H19NO3. The van der Waals surface area contributed by atoms with Gasteiger partial charge in [0.2, 0.25) is 11.8 Å². The van der Waals surface area contributed by atoms with Crippen LogP contribution in [0.5, 0.6) is 0 Å². The summed E-state index contributed by atoms with van der Waals surface area (Å²) in [7, 11) is 0. The molecule has 2 saturated carbocycles. The molecule has 0 aromatic carbocycles. The Labute approximate surface area is 101 Å². The largest absolute Gasteiger partial charge is 0.393 e. The number of aliphatic hydroxyl groups excluding tert-OH is 1. The lowest BCUT2D eigenvalue weighted by atomic mass is 9.95. The number of likely N-dealkylation sites (tertiary alicyclic amines) is 1. The van der Waals surface area contributed by atoms with Crippen molar-refractivity contribution in [1.82, 2.24) is 4.90 Å². The van der Waals surface area contributed by atoms with E-state index in [-0.39, 0.29) is 35.7 Å². The van der Waals surface area contributed by atoms with Crippen molar-refractivity contribution in [2.75, 3.05) is 6.54 Å². The van der Waals surface area contributed by atoms with E-state index in [1.807, 2.05) is 0 Å². The lowest BCUT2D eigenvalue weighted by Crippen LogP contribution is -2.49. The zero-order valence-electron chi connectivity index (χ0n) is 9.97. The van der Waals surface area contributed by atoms with E-state index in [4.69, 9.17) is 0 Å². The van der Waals surface area contributed by atoms with Gasteiger partial charge in [0, 0.05) is 24.3 Å². The molecule has 1 saturated heterocycles. The molecule has 2 bridgehead atoms. The van der Waals surface area contributed by atoms with Gasteiger partial charge in [0.05, 0.1) is 6.10 Å². The molecule has 2 aliphatic carbocycles. The average molecular weight is 237 g/mol. The Morgan fingerprint density at radius 1 is 1.06 bits per heavy atom. The van der Waals surface area contributed by atoms with Crippen LogP contribution in [0.15, 0.2) is 0 Å². The molecule has 4 heteroatoms. The van der Waals surface area contributed by atoms with Crippen molar-refractivity contribution in [3.8, 4) is 0 Å². The first-order valence-electron chi connectivity index (χ1n) is 6.70. The molecule has 0 radical (unpaired) electrons. The van der Waals surface area contributed by atoms with Crippen LogP contribution in [-0.2, 0) is 9.59 Å². The monoisotopic (exact) mass is 237 g/mol. The van der Waals surface area contributed by atoms with Crippen LogP contribution in [0, 0.1) is 17.8 Å². The standard InChI is InChI=1S/C13H19NO3/c15-11-3-1-2-10(11)7-14-12(16)8-4-5-9(6-8)13(14)17/h8-11,15H,1-7H2. The summed E-state index contributed by atoms with van der Waals surface area (Å²) >= 11 is 0. The third-order valence-electron chi connectivity index (χ3n) is 4.70. The zero-order chi connectivity index (χ0) is 12.0. The van der Waals surface area contributed by atoms with Gasteiger partial charge in [-0.1, -0.05) is 6.42 Å². The Balaban J connectivity index is 1.73. The number of imide groups is 1. The van der Waals surface area contributed by atoms with Crippen LogP contribution in [0.25, 0.3) is 0 Å². The Morgan fingerprint density at radius 2 is 1.71 bits per heavy atom. The number of rotatable bonds is 2. The summed E-state index contributed by atoms with van der Waals surface area (Å²) in [5.74, 6) is 0.304. The average Bonchev–Trinajstić information content (AvgIpc) is 2.90. The second-order valence-corrected chi connectivity index (χ2v) is 5.75. The topological polar surface area (TPSA) is 57.6 Å². The minimum absolute atomic E-state index is 0.0165. The van der Waals surface area contributed by atoms with Crippen LogP contribution in [0.1, 0.15) is 38.5 Å². The lowest BCUT2D eigenvalue weighted by molar-refractivity contribution is -0.154. The highest BCUT2D eigenvalue weighted by atomic mass is 16.3. The fourth-order valence-corrected chi connectivity index (χ4v) is 3.62. The third kappa shape index (κ3) is 1.79. The molecule has 2 amide bonds. The number of aliphatic hydroxyl groups is 1. The summed E-state index contributed by atoms with van der Waals surface area (Å²) in [6.45, 7) is 0.450. The lowest BCUT2D eigenvalue weighted by Gasteiger charge is -2.32. The number of fused-ring (bicyclic) bond motifs is 2. The van der Waals surface area contributed by atoms with Crippen LogP contribution in [0.2, 0.25) is 0 Å². The molecule has 3 rings (SSSR count). The van der Waals surface area contributed by atoms with E-state index in [2.05, 4.69) is 0 Å². The second-order valence-electron chi connectivity index (χ2n) is 5.75. The molecule has 17 heavy (non-hydrogen) atoms. The van der Waals surface area contributed by atoms with Crippen LogP contribution in [0.4, 0.5) is 0 Å². The maximum atomic E-state index is 12.1. The van der Waals surface area contributed by atoms with Gasteiger partial charge in [-0.15, -0.1) is 0 Å². The first-order chi connectivity index (χ1) is 8.16. The minimum atomic E-state index is -0.324. The minimum Gasteiger partial charge on any atom is -0.393 e. The van der Waals surface area contributed by atoms with Gasteiger partial charge in [-0.05, 0) is 32.1 Å². The van der Waals surface area contributed by atoms with Gasteiger partial charge in [0.25, 0.3) is 0 Å². The summed E-state index contributed by atoms with van der Waals surface area (Å²) < 4.78 is 0. The Bertz CT molecular complexity index is 333. The number of carbonyl (C=O) groups is 2. The van der Waals surface area contributed by atoms with E-state index in [1.54, 1.807) is 0 Å². The molecule has 0 aromatic rings. The van der Waals surface area contributed by atoms with Crippen molar-refractivity contribution in [2.24, 2.45) is 17.8 Å². The summed E-state index contributed by atoms with van der Waals surface area (Å²) in [5.41, 5.74) is 0.